The molecule has 2 nitrogen and oxygen atoms in total. The van der Waals surface area contributed by atoms with Crippen molar-refractivity contribution in [2.75, 3.05) is 0 Å². The van der Waals surface area contributed by atoms with Crippen LogP contribution in [0.3, 0.4) is 0 Å². The second-order valence-electron chi connectivity index (χ2n) is 3.79. The van der Waals surface area contributed by atoms with Crippen molar-refractivity contribution in [3.63, 3.8) is 0 Å². The molecular weight excluding hydrogens is 271 g/mol. The minimum atomic E-state index is -4.69. The summed E-state index contributed by atoms with van der Waals surface area (Å²) < 4.78 is 66.6. The zero-order chi connectivity index (χ0) is 14.8. The Labute approximate surface area is 106 Å². The van der Waals surface area contributed by atoms with Crippen LogP contribution in [0.25, 0.3) is 0 Å². The molecule has 0 saturated heterocycles. The molecule has 0 aliphatic heterocycles. The van der Waals surface area contributed by atoms with Gasteiger partial charge in [-0.1, -0.05) is 6.92 Å². The van der Waals surface area contributed by atoms with Crippen LogP contribution < -0.4 is 4.74 Å². The van der Waals surface area contributed by atoms with E-state index >= 15 is 0 Å². The van der Waals surface area contributed by atoms with Gasteiger partial charge in [0, 0.05) is 0 Å². The molecule has 0 spiro atoms. The predicted molar refractivity (Wildman–Crippen MR) is 57.5 cm³/mol. The van der Waals surface area contributed by atoms with Gasteiger partial charge in [0.2, 0.25) is 0 Å². The molecule has 0 aromatic heterocycles. The molecule has 19 heavy (non-hydrogen) atoms. The Hall–Kier alpha value is -1.66. The number of carbonyl (C=O) groups excluding carboxylic acids is 1. The molecule has 0 aliphatic carbocycles. The fraction of sp³-hybridized carbons (Fsp3) is 0.417. The van der Waals surface area contributed by atoms with E-state index in [1.165, 1.54) is 6.92 Å². The molecule has 0 amide bonds. The van der Waals surface area contributed by atoms with Crippen LogP contribution >= 0.6 is 0 Å². The highest BCUT2D eigenvalue weighted by Gasteiger charge is 2.34. The van der Waals surface area contributed by atoms with Crippen molar-refractivity contribution in [2.45, 2.75) is 33.1 Å². The summed E-state index contributed by atoms with van der Waals surface area (Å²) in [4.78, 5) is 11.3. The van der Waals surface area contributed by atoms with Gasteiger partial charge in [-0.2, -0.15) is 22.0 Å². The quantitative estimate of drug-likeness (QED) is 0.614. The Kier molecular flexibility index (Phi) is 4.49. The molecular formula is C12H11F5O2. The normalized spacial score (nSPS) is 11.8. The summed E-state index contributed by atoms with van der Waals surface area (Å²) in [5, 5.41) is 0. The Bertz CT molecular complexity index is 480. The van der Waals surface area contributed by atoms with Crippen LogP contribution in [0.15, 0.2) is 12.1 Å². The standard InChI is InChI=1S/C12H11F5O2/c1-3-7-4-8(6(2)18)10(19-11(13)14)5-9(7)12(15,16)17/h4-5,11H,3H2,1-2H3. The van der Waals surface area contributed by atoms with E-state index in [1.807, 2.05) is 0 Å². The Balaban J connectivity index is 3.47. The van der Waals surface area contributed by atoms with E-state index in [0.29, 0.717) is 6.07 Å². The lowest BCUT2D eigenvalue weighted by Gasteiger charge is -2.16. The first-order valence-corrected chi connectivity index (χ1v) is 5.36. The second-order valence-corrected chi connectivity index (χ2v) is 3.79. The molecule has 0 heterocycles. The molecule has 0 aliphatic rings. The van der Waals surface area contributed by atoms with Crippen molar-refractivity contribution in [3.8, 4) is 5.75 Å². The summed E-state index contributed by atoms with van der Waals surface area (Å²) >= 11 is 0. The van der Waals surface area contributed by atoms with E-state index in [1.54, 1.807) is 0 Å². The van der Waals surface area contributed by atoms with E-state index in [0.717, 1.165) is 13.0 Å². The topological polar surface area (TPSA) is 26.3 Å². The first-order chi connectivity index (χ1) is 8.66. The zero-order valence-electron chi connectivity index (χ0n) is 10.1. The molecule has 106 valence electrons. The summed E-state index contributed by atoms with van der Waals surface area (Å²) in [6.07, 6.45) is -4.68. The van der Waals surface area contributed by atoms with Crippen LogP contribution in [0.2, 0.25) is 0 Å². The number of benzene rings is 1. The fourth-order valence-electron chi connectivity index (χ4n) is 1.65. The number of halogens is 5. The number of hydrogen-bond donors (Lipinski definition) is 0. The molecule has 0 radical (unpaired) electrons. The highest BCUT2D eigenvalue weighted by atomic mass is 19.4. The summed E-state index contributed by atoms with van der Waals surface area (Å²) in [7, 11) is 0. The van der Waals surface area contributed by atoms with Crippen molar-refractivity contribution < 1.29 is 31.5 Å². The number of rotatable bonds is 4. The molecule has 0 unspecified atom stereocenters. The summed E-state index contributed by atoms with van der Waals surface area (Å²) in [6, 6.07) is 1.39. The number of Topliss-reactive ketones (excluding diaryl/α,β-unsaturated/α-hetero) is 1. The van der Waals surface area contributed by atoms with Gasteiger partial charge in [0.05, 0.1) is 11.1 Å². The summed E-state index contributed by atoms with van der Waals surface area (Å²) in [5.41, 5.74) is -1.50. The van der Waals surface area contributed by atoms with Crippen LogP contribution in [0.4, 0.5) is 22.0 Å². The van der Waals surface area contributed by atoms with Crippen LogP contribution in [0.1, 0.15) is 35.3 Å². The predicted octanol–water partition coefficient (Wildman–Crippen LogP) is 4.07. The first-order valence-electron chi connectivity index (χ1n) is 5.36. The maximum absolute atomic E-state index is 12.8. The van der Waals surface area contributed by atoms with Gasteiger partial charge in [-0.05, 0) is 31.0 Å². The number of ketones is 1. The Morgan fingerprint density at radius 1 is 1.32 bits per heavy atom. The maximum Gasteiger partial charge on any atom is 0.416 e. The molecule has 1 aromatic carbocycles. The van der Waals surface area contributed by atoms with E-state index < -0.39 is 29.9 Å². The SMILES string of the molecule is CCc1cc(C(C)=O)c(OC(F)F)cc1C(F)(F)F. The van der Waals surface area contributed by atoms with E-state index in [9.17, 15) is 26.7 Å². The smallest absolute Gasteiger partial charge is 0.416 e. The second kappa shape index (κ2) is 5.54. The average molecular weight is 282 g/mol. The molecule has 0 saturated carbocycles. The summed E-state index contributed by atoms with van der Waals surface area (Å²) in [6.45, 7) is -0.755. The minimum absolute atomic E-state index is 0.0179. The fourth-order valence-corrected chi connectivity index (χ4v) is 1.65. The van der Waals surface area contributed by atoms with Gasteiger partial charge in [0.1, 0.15) is 5.75 Å². The van der Waals surface area contributed by atoms with Crippen molar-refractivity contribution in [3.05, 3.63) is 28.8 Å². The number of aryl methyl sites for hydroxylation is 1. The van der Waals surface area contributed by atoms with Crippen LogP contribution in [0.5, 0.6) is 5.75 Å². The molecule has 0 fully saturated rings. The van der Waals surface area contributed by atoms with Gasteiger partial charge < -0.3 is 4.74 Å². The van der Waals surface area contributed by atoms with Crippen LogP contribution in [-0.2, 0) is 12.6 Å². The van der Waals surface area contributed by atoms with Gasteiger partial charge in [-0.25, -0.2) is 0 Å². The van der Waals surface area contributed by atoms with Gasteiger partial charge in [0.15, 0.2) is 5.78 Å². The number of hydrogen-bond acceptors (Lipinski definition) is 2. The van der Waals surface area contributed by atoms with Gasteiger partial charge in [0.25, 0.3) is 0 Å². The minimum Gasteiger partial charge on any atom is -0.434 e. The molecule has 1 aromatic rings. The van der Waals surface area contributed by atoms with E-state index in [4.69, 9.17) is 0 Å². The van der Waals surface area contributed by atoms with Gasteiger partial charge in [-0.3, -0.25) is 4.79 Å². The van der Waals surface area contributed by atoms with E-state index in [-0.39, 0.29) is 17.5 Å². The van der Waals surface area contributed by atoms with Crippen molar-refractivity contribution in [1.29, 1.82) is 0 Å². The molecule has 0 bridgehead atoms. The average Bonchev–Trinajstić information content (AvgIpc) is 2.26. The third-order valence-electron chi connectivity index (χ3n) is 2.49. The zero-order valence-corrected chi connectivity index (χ0v) is 10.1. The Morgan fingerprint density at radius 2 is 1.89 bits per heavy atom. The van der Waals surface area contributed by atoms with Gasteiger partial charge >= 0.3 is 12.8 Å². The molecule has 0 N–H and O–H groups in total. The first kappa shape index (κ1) is 15.4. The maximum atomic E-state index is 12.8. The van der Waals surface area contributed by atoms with Crippen LogP contribution in [0, 0.1) is 0 Å². The lowest BCUT2D eigenvalue weighted by molar-refractivity contribution is -0.138. The highest BCUT2D eigenvalue weighted by Crippen LogP contribution is 2.37. The van der Waals surface area contributed by atoms with Crippen molar-refractivity contribution in [1.82, 2.24) is 0 Å². The van der Waals surface area contributed by atoms with Gasteiger partial charge in [-0.15, -0.1) is 0 Å². The number of alkyl halides is 5. The molecule has 1 rings (SSSR count). The highest BCUT2D eigenvalue weighted by molar-refractivity contribution is 5.97. The van der Waals surface area contributed by atoms with Crippen molar-refractivity contribution in [2.24, 2.45) is 0 Å². The Morgan fingerprint density at radius 3 is 2.26 bits per heavy atom. The van der Waals surface area contributed by atoms with Crippen LogP contribution in [-0.4, -0.2) is 12.4 Å². The largest absolute Gasteiger partial charge is 0.434 e. The lowest BCUT2D eigenvalue weighted by atomic mass is 9.98. The number of ether oxygens (including phenoxy) is 1. The number of carbonyl (C=O) groups is 1. The monoisotopic (exact) mass is 282 g/mol. The molecule has 0 atom stereocenters. The summed E-state index contributed by atoms with van der Waals surface area (Å²) in [5.74, 6) is -1.40. The third kappa shape index (κ3) is 3.65. The lowest BCUT2D eigenvalue weighted by Crippen LogP contribution is -2.13. The van der Waals surface area contributed by atoms with E-state index in [2.05, 4.69) is 4.74 Å². The van der Waals surface area contributed by atoms with Crippen molar-refractivity contribution >= 4 is 5.78 Å². The molecule has 7 heteroatoms. The third-order valence-corrected chi connectivity index (χ3v) is 2.49.